The SMILES string of the molecule is CC(C)(C(N)c1cccc(F)c1F)S(C)(=O)=O. The van der Waals surface area contributed by atoms with Crippen LogP contribution in [0.4, 0.5) is 8.78 Å². The summed E-state index contributed by atoms with van der Waals surface area (Å²) in [4.78, 5) is 0. The van der Waals surface area contributed by atoms with Crippen LogP contribution in [0.2, 0.25) is 0 Å². The van der Waals surface area contributed by atoms with Crippen molar-refractivity contribution in [1.29, 1.82) is 0 Å². The van der Waals surface area contributed by atoms with Crippen LogP contribution in [0.5, 0.6) is 0 Å². The third kappa shape index (κ3) is 2.47. The van der Waals surface area contributed by atoms with Gasteiger partial charge in [-0.15, -0.1) is 0 Å². The fraction of sp³-hybridized carbons (Fsp3) is 0.455. The van der Waals surface area contributed by atoms with E-state index in [1.54, 1.807) is 0 Å². The molecule has 1 atom stereocenters. The Hall–Kier alpha value is -1.01. The van der Waals surface area contributed by atoms with Crippen LogP contribution in [0.1, 0.15) is 25.5 Å². The molecule has 3 nitrogen and oxygen atoms in total. The molecule has 0 spiro atoms. The minimum Gasteiger partial charge on any atom is -0.323 e. The lowest BCUT2D eigenvalue weighted by Crippen LogP contribution is -2.42. The van der Waals surface area contributed by atoms with Gasteiger partial charge in [0.25, 0.3) is 0 Å². The van der Waals surface area contributed by atoms with Crippen molar-refractivity contribution in [2.45, 2.75) is 24.6 Å². The summed E-state index contributed by atoms with van der Waals surface area (Å²) in [5.74, 6) is -2.14. The number of hydrogen-bond acceptors (Lipinski definition) is 3. The first-order valence-corrected chi connectivity index (χ1v) is 6.87. The van der Waals surface area contributed by atoms with Crippen molar-refractivity contribution >= 4 is 9.84 Å². The quantitative estimate of drug-likeness (QED) is 0.904. The molecule has 0 saturated heterocycles. The van der Waals surface area contributed by atoms with Crippen molar-refractivity contribution in [3.8, 4) is 0 Å². The topological polar surface area (TPSA) is 60.2 Å². The van der Waals surface area contributed by atoms with Crippen LogP contribution >= 0.6 is 0 Å². The van der Waals surface area contributed by atoms with E-state index in [1.165, 1.54) is 26.0 Å². The molecule has 0 heterocycles. The van der Waals surface area contributed by atoms with Gasteiger partial charge < -0.3 is 5.73 Å². The van der Waals surface area contributed by atoms with E-state index in [0.717, 1.165) is 12.3 Å². The van der Waals surface area contributed by atoms with Crippen molar-refractivity contribution in [3.05, 3.63) is 35.4 Å². The van der Waals surface area contributed by atoms with Gasteiger partial charge in [0, 0.05) is 11.8 Å². The summed E-state index contributed by atoms with van der Waals surface area (Å²) < 4.78 is 48.3. The molecule has 1 aromatic rings. The molecule has 1 unspecified atom stereocenters. The summed E-state index contributed by atoms with van der Waals surface area (Å²) in [6, 6.07) is 2.41. The molecule has 0 saturated carbocycles. The van der Waals surface area contributed by atoms with E-state index >= 15 is 0 Å². The summed E-state index contributed by atoms with van der Waals surface area (Å²) in [7, 11) is -3.49. The maximum absolute atomic E-state index is 13.5. The molecular formula is C11H15F2NO2S. The molecule has 2 N–H and O–H groups in total. The predicted octanol–water partition coefficient (Wildman–Crippen LogP) is 1.79. The number of benzene rings is 1. The zero-order chi connectivity index (χ0) is 13.4. The normalized spacial score (nSPS) is 14.7. The second-order valence-corrected chi connectivity index (χ2v) is 7.09. The first-order chi connectivity index (χ1) is 7.59. The lowest BCUT2D eigenvalue weighted by Gasteiger charge is -2.30. The largest absolute Gasteiger partial charge is 0.323 e. The summed E-state index contributed by atoms with van der Waals surface area (Å²) in [5, 5.41) is 0. The summed E-state index contributed by atoms with van der Waals surface area (Å²) in [5.41, 5.74) is 5.60. The number of rotatable bonds is 3. The summed E-state index contributed by atoms with van der Waals surface area (Å²) in [6.45, 7) is 2.77. The first kappa shape index (κ1) is 14.1. The van der Waals surface area contributed by atoms with Gasteiger partial charge in [0.1, 0.15) is 0 Å². The summed E-state index contributed by atoms with van der Waals surface area (Å²) in [6.07, 6.45) is 1.02. The molecule has 0 fully saturated rings. The van der Waals surface area contributed by atoms with Gasteiger partial charge in [-0.1, -0.05) is 12.1 Å². The molecule has 96 valence electrons. The molecule has 0 aliphatic carbocycles. The van der Waals surface area contributed by atoms with E-state index in [-0.39, 0.29) is 5.56 Å². The smallest absolute Gasteiger partial charge is 0.163 e. The van der Waals surface area contributed by atoms with Gasteiger partial charge in [0.15, 0.2) is 21.5 Å². The molecule has 0 aliphatic heterocycles. The van der Waals surface area contributed by atoms with Crippen molar-refractivity contribution in [1.82, 2.24) is 0 Å². The average Bonchev–Trinajstić information content (AvgIpc) is 2.19. The molecule has 17 heavy (non-hydrogen) atoms. The van der Waals surface area contributed by atoms with E-state index in [2.05, 4.69) is 0 Å². The Bertz CT molecular complexity index is 526. The van der Waals surface area contributed by atoms with Crippen LogP contribution in [-0.4, -0.2) is 19.4 Å². The number of halogens is 2. The first-order valence-electron chi connectivity index (χ1n) is 4.98. The van der Waals surface area contributed by atoms with Crippen molar-refractivity contribution in [2.24, 2.45) is 5.73 Å². The van der Waals surface area contributed by atoms with Crippen LogP contribution in [0.25, 0.3) is 0 Å². The highest BCUT2D eigenvalue weighted by atomic mass is 32.2. The van der Waals surface area contributed by atoms with Gasteiger partial charge in [-0.25, -0.2) is 17.2 Å². The molecule has 0 radical (unpaired) electrons. The van der Waals surface area contributed by atoms with E-state index in [0.29, 0.717) is 0 Å². The number of sulfone groups is 1. The monoisotopic (exact) mass is 263 g/mol. The summed E-state index contributed by atoms with van der Waals surface area (Å²) >= 11 is 0. The fourth-order valence-electron chi connectivity index (χ4n) is 1.37. The second kappa shape index (κ2) is 4.34. The van der Waals surface area contributed by atoms with Gasteiger partial charge in [0.2, 0.25) is 0 Å². The van der Waals surface area contributed by atoms with Gasteiger partial charge in [0.05, 0.1) is 10.8 Å². The minimum atomic E-state index is -3.49. The molecular weight excluding hydrogens is 248 g/mol. The predicted molar refractivity (Wildman–Crippen MR) is 62.2 cm³/mol. The number of nitrogens with two attached hydrogens (primary N) is 1. The Morgan fingerprint density at radius 3 is 2.29 bits per heavy atom. The van der Waals surface area contributed by atoms with Crippen LogP contribution in [-0.2, 0) is 9.84 Å². The molecule has 0 aliphatic rings. The van der Waals surface area contributed by atoms with E-state index in [9.17, 15) is 17.2 Å². The Kier molecular flexibility index (Phi) is 3.59. The highest BCUT2D eigenvalue weighted by Gasteiger charge is 2.39. The van der Waals surface area contributed by atoms with Crippen molar-refractivity contribution in [3.63, 3.8) is 0 Å². The standard InChI is InChI=1S/C11H15F2NO2S/c1-11(2,17(3,15)16)10(14)7-5-4-6-8(12)9(7)13/h4-6,10H,14H2,1-3H3. The van der Waals surface area contributed by atoms with E-state index < -0.39 is 32.3 Å². The molecule has 6 heteroatoms. The van der Waals surface area contributed by atoms with Crippen molar-refractivity contribution in [2.75, 3.05) is 6.26 Å². The third-order valence-corrected chi connectivity index (χ3v) is 5.19. The Morgan fingerprint density at radius 2 is 1.82 bits per heavy atom. The van der Waals surface area contributed by atoms with Crippen LogP contribution in [0.15, 0.2) is 18.2 Å². The minimum absolute atomic E-state index is 0.138. The van der Waals surface area contributed by atoms with Crippen LogP contribution in [0, 0.1) is 11.6 Å². The van der Waals surface area contributed by atoms with Gasteiger partial charge in [-0.3, -0.25) is 0 Å². The van der Waals surface area contributed by atoms with Crippen LogP contribution < -0.4 is 5.73 Å². The highest BCUT2D eigenvalue weighted by molar-refractivity contribution is 7.92. The van der Waals surface area contributed by atoms with Gasteiger partial charge in [-0.05, 0) is 19.9 Å². The lowest BCUT2D eigenvalue weighted by molar-refractivity contribution is 0.453. The molecule has 0 amide bonds. The van der Waals surface area contributed by atoms with Gasteiger partial charge in [-0.2, -0.15) is 0 Å². The van der Waals surface area contributed by atoms with Gasteiger partial charge >= 0.3 is 0 Å². The molecule has 1 rings (SSSR count). The maximum Gasteiger partial charge on any atom is 0.163 e. The Morgan fingerprint density at radius 1 is 1.29 bits per heavy atom. The molecule has 1 aromatic carbocycles. The highest BCUT2D eigenvalue weighted by Crippen LogP contribution is 2.31. The zero-order valence-corrected chi connectivity index (χ0v) is 10.7. The van der Waals surface area contributed by atoms with Crippen LogP contribution in [0.3, 0.4) is 0 Å². The Balaban J connectivity index is 3.31. The third-order valence-electron chi connectivity index (χ3n) is 3.02. The van der Waals surface area contributed by atoms with E-state index in [4.69, 9.17) is 5.73 Å². The van der Waals surface area contributed by atoms with E-state index in [1.807, 2.05) is 0 Å². The fourth-order valence-corrected chi connectivity index (χ4v) is 1.95. The lowest BCUT2D eigenvalue weighted by atomic mass is 9.95. The maximum atomic E-state index is 13.5. The molecule has 0 aromatic heterocycles. The Labute approximate surface area is 99.6 Å². The van der Waals surface area contributed by atoms with Crippen molar-refractivity contribution < 1.29 is 17.2 Å². The number of hydrogen-bond donors (Lipinski definition) is 1. The zero-order valence-electron chi connectivity index (χ0n) is 9.87. The second-order valence-electron chi connectivity index (χ2n) is 4.50. The molecule has 0 bridgehead atoms. The average molecular weight is 263 g/mol.